The average Bonchev–Trinajstić information content (AvgIpc) is 2.98. The van der Waals surface area contributed by atoms with Crippen LogP contribution >= 0.6 is 0 Å². The molecular weight excluding hydrogens is 408 g/mol. The maximum Gasteiger partial charge on any atom is 0.303 e. The van der Waals surface area contributed by atoms with E-state index < -0.39 is 41.1 Å². The highest BCUT2D eigenvalue weighted by atomic mass is 19.1. The molecule has 0 unspecified atom stereocenters. The largest absolute Gasteiger partial charge is 0.507 e. The Balaban J connectivity index is 1.97. The molecule has 1 saturated heterocycles. The number of unbranched alkanes of at least 4 members (excludes halogenated alkanes) is 2. The second kappa shape index (κ2) is 9.51. The Bertz CT molecular complexity index is 1030. The number of amides is 1. The van der Waals surface area contributed by atoms with E-state index in [0.717, 1.165) is 12.1 Å². The van der Waals surface area contributed by atoms with Gasteiger partial charge in [0.1, 0.15) is 17.4 Å². The Kier molecular flexibility index (Phi) is 6.79. The molecule has 0 aromatic heterocycles. The Labute approximate surface area is 177 Å². The molecule has 1 heterocycles. The van der Waals surface area contributed by atoms with Crippen LogP contribution in [-0.2, 0) is 14.4 Å². The van der Waals surface area contributed by atoms with Crippen LogP contribution in [0.2, 0.25) is 0 Å². The summed E-state index contributed by atoms with van der Waals surface area (Å²) in [6.45, 7) is 0.131. The Morgan fingerprint density at radius 2 is 1.65 bits per heavy atom. The van der Waals surface area contributed by atoms with Gasteiger partial charge >= 0.3 is 5.97 Å². The van der Waals surface area contributed by atoms with Crippen molar-refractivity contribution >= 4 is 23.4 Å². The van der Waals surface area contributed by atoms with Gasteiger partial charge in [-0.1, -0.05) is 18.6 Å². The second-order valence-electron chi connectivity index (χ2n) is 7.26. The number of likely N-dealkylation sites (tertiary alicyclic amines) is 1. The zero-order chi connectivity index (χ0) is 22.5. The number of ketones is 1. The number of aliphatic carboxylic acids is 1. The third kappa shape index (κ3) is 4.96. The summed E-state index contributed by atoms with van der Waals surface area (Å²) >= 11 is 0. The number of carbonyl (C=O) groups excluding carboxylic acids is 2. The van der Waals surface area contributed by atoms with Crippen molar-refractivity contribution in [3.05, 3.63) is 76.9 Å². The molecule has 1 aliphatic rings. The summed E-state index contributed by atoms with van der Waals surface area (Å²) < 4.78 is 27.2. The van der Waals surface area contributed by atoms with Gasteiger partial charge < -0.3 is 15.1 Å². The Morgan fingerprint density at radius 1 is 0.935 bits per heavy atom. The van der Waals surface area contributed by atoms with Crippen LogP contribution in [0.3, 0.4) is 0 Å². The van der Waals surface area contributed by atoms with Crippen molar-refractivity contribution in [1.29, 1.82) is 0 Å². The SMILES string of the molecule is O=C(O)CCCCCN1C(=O)C(=O)C(=C(O)c2ccc(F)cc2)[C@@H]1c1cccc(F)c1. The van der Waals surface area contributed by atoms with Crippen molar-refractivity contribution in [3.63, 3.8) is 0 Å². The number of hydrogen-bond donors (Lipinski definition) is 2. The van der Waals surface area contributed by atoms with E-state index in [1.165, 1.54) is 35.2 Å². The van der Waals surface area contributed by atoms with Crippen molar-refractivity contribution in [3.8, 4) is 0 Å². The van der Waals surface area contributed by atoms with E-state index in [9.17, 15) is 28.3 Å². The summed E-state index contributed by atoms with van der Waals surface area (Å²) in [5.41, 5.74) is 0.267. The number of carboxylic acid groups (broad SMARTS) is 1. The molecule has 162 valence electrons. The van der Waals surface area contributed by atoms with Crippen LogP contribution in [-0.4, -0.2) is 39.3 Å². The molecule has 0 aliphatic carbocycles. The van der Waals surface area contributed by atoms with Crippen molar-refractivity contribution < 1.29 is 33.4 Å². The normalized spacial score (nSPS) is 17.9. The van der Waals surface area contributed by atoms with E-state index in [1.807, 2.05) is 0 Å². The summed E-state index contributed by atoms with van der Waals surface area (Å²) in [5.74, 6) is -4.23. The molecular formula is C23H21F2NO5. The smallest absolute Gasteiger partial charge is 0.303 e. The predicted octanol–water partition coefficient (Wildman–Crippen LogP) is 4.03. The zero-order valence-electron chi connectivity index (χ0n) is 16.6. The Hall–Kier alpha value is -3.55. The van der Waals surface area contributed by atoms with Crippen LogP contribution in [0.15, 0.2) is 54.1 Å². The van der Waals surface area contributed by atoms with E-state index in [0.29, 0.717) is 24.8 Å². The standard InChI is InChI=1S/C23H21F2NO5/c24-16-10-8-14(9-11-16)21(29)19-20(15-5-4-6-17(25)13-15)26(23(31)22(19)30)12-3-1-2-7-18(27)28/h4-6,8-11,13,20,29H,1-3,7,12H2,(H,27,28)/t20-/m0/s1. The summed E-state index contributed by atoms with van der Waals surface area (Å²) in [5, 5.41) is 19.5. The molecule has 1 amide bonds. The lowest BCUT2D eigenvalue weighted by molar-refractivity contribution is -0.140. The minimum absolute atomic E-state index is 0.00326. The molecule has 1 fully saturated rings. The molecule has 2 aromatic rings. The highest BCUT2D eigenvalue weighted by molar-refractivity contribution is 6.46. The fourth-order valence-electron chi connectivity index (χ4n) is 3.63. The van der Waals surface area contributed by atoms with Gasteiger partial charge in [-0.2, -0.15) is 0 Å². The molecule has 0 bridgehead atoms. The fraction of sp³-hybridized carbons (Fsp3) is 0.261. The quantitative estimate of drug-likeness (QED) is 0.286. The first-order valence-corrected chi connectivity index (χ1v) is 9.81. The average molecular weight is 429 g/mol. The number of carboxylic acids is 1. The van der Waals surface area contributed by atoms with Gasteiger partial charge in [0, 0.05) is 18.5 Å². The molecule has 0 radical (unpaired) electrons. The molecule has 1 atom stereocenters. The fourth-order valence-corrected chi connectivity index (χ4v) is 3.63. The molecule has 1 aliphatic heterocycles. The Morgan fingerprint density at radius 3 is 2.29 bits per heavy atom. The third-order valence-electron chi connectivity index (χ3n) is 5.11. The van der Waals surface area contributed by atoms with Gasteiger partial charge in [0.25, 0.3) is 11.7 Å². The van der Waals surface area contributed by atoms with Crippen molar-refractivity contribution in [2.24, 2.45) is 0 Å². The van der Waals surface area contributed by atoms with Crippen molar-refractivity contribution in [1.82, 2.24) is 4.90 Å². The van der Waals surface area contributed by atoms with Gasteiger partial charge in [-0.25, -0.2) is 8.78 Å². The maximum absolute atomic E-state index is 13.9. The molecule has 0 saturated carbocycles. The summed E-state index contributed by atoms with van der Waals surface area (Å²) in [7, 11) is 0. The van der Waals surface area contributed by atoms with Gasteiger partial charge in [-0.3, -0.25) is 14.4 Å². The number of hydrogen-bond acceptors (Lipinski definition) is 4. The van der Waals surface area contributed by atoms with Crippen LogP contribution in [0.25, 0.3) is 5.76 Å². The molecule has 31 heavy (non-hydrogen) atoms. The number of carbonyl (C=O) groups is 3. The second-order valence-corrected chi connectivity index (χ2v) is 7.26. The molecule has 8 heteroatoms. The lowest BCUT2D eigenvalue weighted by Crippen LogP contribution is -2.30. The predicted molar refractivity (Wildman–Crippen MR) is 108 cm³/mol. The number of nitrogens with zero attached hydrogens (tertiary/aromatic N) is 1. The lowest BCUT2D eigenvalue weighted by Gasteiger charge is -2.25. The van der Waals surface area contributed by atoms with Gasteiger partial charge in [-0.15, -0.1) is 0 Å². The monoisotopic (exact) mass is 429 g/mol. The summed E-state index contributed by atoms with van der Waals surface area (Å²) in [6.07, 6.45) is 1.36. The van der Waals surface area contributed by atoms with Gasteiger partial charge in [-0.05, 0) is 54.8 Å². The van der Waals surface area contributed by atoms with Crippen LogP contribution in [0.4, 0.5) is 8.78 Å². The molecule has 3 rings (SSSR count). The topological polar surface area (TPSA) is 94.9 Å². The van der Waals surface area contributed by atoms with Crippen molar-refractivity contribution in [2.75, 3.05) is 6.54 Å². The number of aliphatic hydroxyl groups is 1. The molecule has 0 spiro atoms. The van der Waals surface area contributed by atoms with E-state index in [2.05, 4.69) is 0 Å². The maximum atomic E-state index is 13.9. The molecule has 6 nitrogen and oxygen atoms in total. The minimum Gasteiger partial charge on any atom is -0.507 e. The van der Waals surface area contributed by atoms with E-state index in [-0.39, 0.29) is 24.1 Å². The number of rotatable bonds is 8. The molecule has 2 aromatic carbocycles. The van der Waals surface area contributed by atoms with E-state index >= 15 is 0 Å². The number of Topliss-reactive ketones (excluding diaryl/α,β-unsaturated/α-hetero) is 1. The zero-order valence-corrected chi connectivity index (χ0v) is 16.6. The van der Waals surface area contributed by atoms with E-state index in [1.54, 1.807) is 6.07 Å². The summed E-state index contributed by atoms with van der Waals surface area (Å²) in [4.78, 5) is 37.4. The van der Waals surface area contributed by atoms with Crippen LogP contribution < -0.4 is 0 Å². The lowest BCUT2D eigenvalue weighted by atomic mass is 9.95. The van der Waals surface area contributed by atoms with Crippen molar-refractivity contribution in [2.45, 2.75) is 31.7 Å². The first kappa shape index (κ1) is 22.1. The van der Waals surface area contributed by atoms with Crippen LogP contribution in [0.5, 0.6) is 0 Å². The summed E-state index contributed by atoms with van der Waals surface area (Å²) in [6, 6.07) is 9.19. The first-order valence-electron chi connectivity index (χ1n) is 9.81. The number of benzene rings is 2. The van der Waals surface area contributed by atoms with Crippen LogP contribution in [0.1, 0.15) is 42.9 Å². The highest BCUT2D eigenvalue weighted by Gasteiger charge is 2.45. The van der Waals surface area contributed by atoms with Gasteiger partial charge in [0.15, 0.2) is 0 Å². The minimum atomic E-state index is -1.01. The third-order valence-corrected chi connectivity index (χ3v) is 5.11. The number of halogens is 2. The van der Waals surface area contributed by atoms with Gasteiger partial charge in [0.05, 0.1) is 11.6 Å². The first-order chi connectivity index (χ1) is 14.8. The number of aliphatic hydroxyl groups excluding tert-OH is 1. The van der Waals surface area contributed by atoms with Gasteiger partial charge in [0.2, 0.25) is 0 Å². The van der Waals surface area contributed by atoms with E-state index in [4.69, 9.17) is 5.11 Å². The van der Waals surface area contributed by atoms with Crippen LogP contribution in [0, 0.1) is 11.6 Å². The highest BCUT2D eigenvalue weighted by Crippen LogP contribution is 2.39. The molecule has 2 N–H and O–H groups in total.